The van der Waals surface area contributed by atoms with E-state index in [2.05, 4.69) is 5.92 Å². The van der Waals surface area contributed by atoms with Gasteiger partial charge in [-0.2, -0.15) is 0 Å². The molecule has 0 N–H and O–H groups in total. The van der Waals surface area contributed by atoms with Crippen LogP contribution >= 0.6 is 6.57 Å². The highest BCUT2D eigenvalue weighted by Crippen LogP contribution is 2.57. The van der Waals surface area contributed by atoms with Crippen LogP contribution in [0.3, 0.4) is 0 Å². The standard InChI is InChI=1S/C7H11N2OPS/c1-5-7-6-9(4)11(12,10-7)8(2)3/h1,6H,2-4H3. The van der Waals surface area contributed by atoms with Crippen LogP contribution in [-0.2, 0) is 16.3 Å². The number of nitrogens with zero attached hydrogens (tertiary/aromatic N) is 2. The van der Waals surface area contributed by atoms with E-state index in [1.165, 1.54) is 0 Å². The van der Waals surface area contributed by atoms with Crippen LogP contribution in [0.1, 0.15) is 0 Å². The second kappa shape index (κ2) is 3.10. The predicted molar refractivity (Wildman–Crippen MR) is 53.7 cm³/mol. The number of terminal acetylenes is 1. The van der Waals surface area contributed by atoms with E-state index < -0.39 is 6.57 Å². The van der Waals surface area contributed by atoms with Crippen molar-refractivity contribution in [2.24, 2.45) is 0 Å². The lowest BCUT2D eigenvalue weighted by molar-refractivity contribution is 0.440. The maximum absolute atomic E-state index is 5.47. The Morgan fingerprint density at radius 3 is 2.58 bits per heavy atom. The fraction of sp³-hybridized carbons (Fsp3) is 0.429. The summed E-state index contributed by atoms with van der Waals surface area (Å²) in [6.07, 6.45) is 6.96. The van der Waals surface area contributed by atoms with Crippen LogP contribution in [0.2, 0.25) is 0 Å². The monoisotopic (exact) mass is 202 g/mol. The van der Waals surface area contributed by atoms with Crippen molar-refractivity contribution in [2.45, 2.75) is 0 Å². The number of rotatable bonds is 1. The molecule has 0 saturated carbocycles. The molecular weight excluding hydrogens is 191 g/mol. The van der Waals surface area contributed by atoms with Crippen LogP contribution in [0.25, 0.3) is 0 Å². The van der Waals surface area contributed by atoms with Crippen molar-refractivity contribution >= 4 is 18.4 Å². The van der Waals surface area contributed by atoms with Gasteiger partial charge < -0.3 is 9.19 Å². The smallest absolute Gasteiger partial charge is 0.278 e. The summed E-state index contributed by atoms with van der Waals surface area (Å²) < 4.78 is 9.24. The average Bonchev–Trinajstić information content (AvgIpc) is 2.29. The zero-order valence-corrected chi connectivity index (χ0v) is 9.02. The van der Waals surface area contributed by atoms with Crippen LogP contribution in [0.4, 0.5) is 0 Å². The van der Waals surface area contributed by atoms with E-state index in [-0.39, 0.29) is 0 Å². The molecule has 0 radical (unpaired) electrons. The van der Waals surface area contributed by atoms with Crippen LogP contribution in [0.15, 0.2) is 12.0 Å². The van der Waals surface area contributed by atoms with E-state index in [1.54, 1.807) is 6.20 Å². The Labute approximate surface area is 78.2 Å². The summed E-state index contributed by atoms with van der Waals surface area (Å²) in [5.41, 5.74) is 0. The largest absolute Gasteiger partial charge is 0.426 e. The Morgan fingerprint density at radius 2 is 2.33 bits per heavy atom. The van der Waals surface area contributed by atoms with Gasteiger partial charge in [-0.05, 0) is 31.8 Å². The summed E-state index contributed by atoms with van der Waals surface area (Å²) in [4.78, 5) is 0. The SMILES string of the molecule is C#CC1=CN(C)P(=S)(N(C)C)O1. The highest BCUT2D eigenvalue weighted by atomic mass is 32.5. The molecule has 66 valence electrons. The molecule has 1 aliphatic rings. The van der Waals surface area contributed by atoms with Crippen molar-refractivity contribution < 1.29 is 4.52 Å². The van der Waals surface area contributed by atoms with Gasteiger partial charge in [0, 0.05) is 7.05 Å². The Balaban J connectivity index is 2.93. The molecule has 0 amide bonds. The number of hydrogen-bond donors (Lipinski definition) is 0. The zero-order valence-electron chi connectivity index (χ0n) is 7.31. The van der Waals surface area contributed by atoms with Gasteiger partial charge in [-0.1, -0.05) is 0 Å². The molecule has 5 heteroatoms. The van der Waals surface area contributed by atoms with Crippen LogP contribution < -0.4 is 0 Å². The first-order valence-corrected chi connectivity index (χ1v) is 6.02. The van der Waals surface area contributed by atoms with Gasteiger partial charge in [0.05, 0.1) is 6.20 Å². The lowest BCUT2D eigenvalue weighted by Crippen LogP contribution is -2.17. The molecule has 1 rings (SSSR count). The summed E-state index contributed by atoms with van der Waals surface area (Å²) >= 11 is 5.35. The van der Waals surface area contributed by atoms with Gasteiger partial charge in [0.1, 0.15) is 0 Å². The highest BCUT2D eigenvalue weighted by Gasteiger charge is 2.32. The predicted octanol–water partition coefficient (Wildman–Crippen LogP) is 1.21. The first-order valence-electron chi connectivity index (χ1n) is 3.40. The van der Waals surface area contributed by atoms with Gasteiger partial charge in [-0.15, -0.1) is 6.42 Å². The average molecular weight is 202 g/mol. The van der Waals surface area contributed by atoms with Crippen molar-refractivity contribution in [3.63, 3.8) is 0 Å². The Bertz CT molecular complexity index is 305. The lowest BCUT2D eigenvalue weighted by Gasteiger charge is -2.29. The number of allylic oxidation sites excluding steroid dienone is 1. The van der Waals surface area contributed by atoms with E-state index in [0.29, 0.717) is 5.76 Å². The maximum atomic E-state index is 5.47. The molecule has 0 spiro atoms. The van der Waals surface area contributed by atoms with Crippen molar-refractivity contribution in [3.05, 3.63) is 12.0 Å². The van der Waals surface area contributed by atoms with Gasteiger partial charge in [0.15, 0.2) is 5.76 Å². The van der Waals surface area contributed by atoms with E-state index in [0.717, 1.165) is 0 Å². The first kappa shape index (κ1) is 9.60. The van der Waals surface area contributed by atoms with Gasteiger partial charge in [-0.25, -0.2) is 4.67 Å². The second-order valence-electron chi connectivity index (χ2n) is 2.64. The molecule has 0 aromatic carbocycles. The van der Waals surface area contributed by atoms with Gasteiger partial charge in [0.2, 0.25) is 0 Å². The zero-order chi connectivity index (χ0) is 9.35. The minimum absolute atomic E-state index is 0.523. The number of hydrogen-bond acceptors (Lipinski definition) is 2. The van der Waals surface area contributed by atoms with Crippen molar-refractivity contribution in [2.75, 3.05) is 21.1 Å². The minimum atomic E-state index is -2.04. The molecule has 1 aliphatic heterocycles. The summed E-state index contributed by atoms with van der Waals surface area (Å²) in [5, 5.41) is 0. The topological polar surface area (TPSA) is 15.7 Å². The molecule has 12 heavy (non-hydrogen) atoms. The van der Waals surface area contributed by atoms with E-state index in [4.69, 9.17) is 22.8 Å². The normalized spacial score (nSPS) is 28.2. The third kappa shape index (κ3) is 1.36. The van der Waals surface area contributed by atoms with Crippen molar-refractivity contribution in [1.29, 1.82) is 0 Å². The maximum Gasteiger partial charge on any atom is 0.278 e. The second-order valence-corrected chi connectivity index (χ2v) is 6.66. The van der Waals surface area contributed by atoms with Crippen LogP contribution in [0.5, 0.6) is 0 Å². The Morgan fingerprint density at radius 1 is 1.75 bits per heavy atom. The van der Waals surface area contributed by atoms with Crippen LogP contribution in [0, 0.1) is 12.3 Å². The van der Waals surface area contributed by atoms with Gasteiger partial charge in [-0.3, -0.25) is 0 Å². The molecule has 1 unspecified atom stereocenters. The van der Waals surface area contributed by atoms with Crippen molar-refractivity contribution in [3.8, 4) is 12.3 Å². The van der Waals surface area contributed by atoms with E-state index in [9.17, 15) is 0 Å². The van der Waals surface area contributed by atoms with Gasteiger partial charge in [0.25, 0.3) is 6.57 Å². The van der Waals surface area contributed by atoms with E-state index >= 15 is 0 Å². The molecule has 1 heterocycles. The fourth-order valence-corrected chi connectivity index (χ4v) is 2.73. The third-order valence-electron chi connectivity index (χ3n) is 1.57. The first-order chi connectivity index (χ1) is 5.50. The fourth-order valence-electron chi connectivity index (χ4n) is 0.886. The molecule has 0 aromatic rings. The van der Waals surface area contributed by atoms with Crippen molar-refractivity contribution in [1.82, 2.24) is 9.34 Å². The molecule has 0 saturated heterocycles. The van der Waals surface area contributed by atoms with Crippen LogP contribution in [-0.4, -0.2) is 30.5 Å². The molecule has 3 nitrogen and oxygen atoms in total. The third-order valence-corrected chi connectivity index (χ3v) is 5.90. The molecule has 1 atom stereocenters. The summed E-state index contributed by atoms with van der Waals surface area (Å²) in [7, 11) is 5.67. The molecule has 0 fully saturated rings. The van der Waals surface area contributed by atoms with E-state index in [1.807, 2.05) is 30.5 Å². The summed E-state index contributed by atoms with van der Waals surface area (Å²) in [6.45, 7) is -2.04. The minimum Gasteiger partial charge on any atom is -0.426 e. The Hall–Kier alpha value is -0.490. The van der Waals surface area contributed by atoms with Gasteiger partial charge >= 0.3 is 0 Å². The quantitative estimate of drug-likeness (QED) is 0.469. The Kier molecular flexibility index (Phi) is 2.48. The summed E-state index contributed by atoms with van der Waals surface area (Å²) in [5.74, 6) is 2.96. The summed E-state index contributed by atoms with van der Waals surface area (Å²) in [6, 6.07) is 0. The molecule has 0 bridgehead atoms. The molecule has 0 aromatic heterocycles. The highest BCUT2D eigenvalue weighted by molar-refractivity contribution is 8.10. The lowest BCUT2D eigenvalue weighted by atomic mass is 10.6. The molecule has 0 aliphatic carbocycles. The molecular formula is C7H11N2OPS.